The standard InChI is InChI=1S/C82H82N4S2Si2/c1-53(2)89(54(3)4,55(5)6)77-51-71-79(59-41-43-64(44-42-59)83(60-29-17-13-18-30-60)65-45-47-75-69(49-65)67-37-25-27-39-73(67)85(75)62-33-21-15-22-34-62)81-72(52-78(87-81)90(56(7)8,57(9)10)58(11)12)80(82(71)88-77)84(61-31-19-14-20-32-61)66-46-48-76-70(50-66)68-38-26-28-40-74(68)86(76)63-35-23-16-24-36-63/h13-58H,1-12H3. The zero-order chi connectivity index (χ0) is 62.3. The van der Waals surface area contributed by atoms with Gasteiger partial charge in [0.1, 0.15) is 16.1 Å². The van der Waals surface area contributed by atoms with Gasteiger partial charge in [0.25, 0.3) is 0 Å². The van der Waals surface area contributed by atoms with Crippen molar-refractivity contribution in [2.24, 2.45) is 0 Å². The van der Waals surface area contributed by atoms with Gasteiger partial charge in [-0.05, 0) is 169 Å². The van der Waals surface area contributed by atoms with Crippen LogP contribution in [0.2, 0.25) is 33.2 Å². The van der Waals surface area contributed by atoms with E-state index in [1.807, 2.05) is 0 Å². The number of aromatic nitrogens is 2. The summed E-state index contributed by atoms with van der Waals surface area (Å²) in [6.07, 6.45) is 0. The topological polar surface area (TPSA) is 16.3 Å². The second-order valence-corrected chi connectivity index (χ2v) is 41.5. The number of hydrogen-bond acceptors (Lipinski definition) is 4. The molecule has 0 N–H and O–H groups in total. The number of benzene rings is 10. The van der Waals surface area contributed by atoms with Crippen LogP contribution in [0.1, 0.15) is 83.1 Å². The highest BCUT2D eigenvalue weighted by Gasteiger charge is 2.48. The van der Waals surface area contributed by atoms with Crippen LogP contribution in [0.5, 0.6) is 0 Å². The number of fused-ring (bicyclic) bond motifs is 8. The molecule has 0 aliphatic carbocycles. The van der Waals surface area contributed by atoms with Gasteiger partial charge in [0.15, 0.2) is 0 Å². The van der Waals surface area contributed by atoms with Crippen LogP contribution in [-0.4, -0.2) is 25.3 Å². The van der Waals surface area contributed by atoms with E-state index >= 15 is 0 Å². The van der Waals surface area contributed by atoms with Gasteiger partial charge in [-0.2, -0.15) is 0 Å². The second kappa shape index (κ2) is 23.5. The summed E-state index contributed by atoms with van der Waals surface area (Å²) in [6, 6.07) is 91.3. The molecule has 0 radical (unpaired) electrons. The molecule has 10 aromatic carbocycles. The van der Waals surface area contributed by atoms with Gasteiger partial charge in [0, 0.05) is 82.4 Å². The van der Waals surface area contributed by atoms with E-state index in [9.17, 15) is 0 Å². The monoisotopic (exact) mass is 1240 g/mol. The van der Waals surface area contributed by atoms with Gasteiger partial charge >= 0.3 is 0 Å². The summed E-state index contributed by atoms with van der Waals surface area (Å²) in [7, 11) is -4.44. The van der Waals surface area contributed by atoms with Gasteiger partial charge in [-0.25, -0.2) is 0 Å². The van der Waals surface area contributed by atoms with E-state index in [0.717, 1.165) is 34.1 Å². The summed E-state index contributed by atoms with van der Waals surface area (Å²) in [5.74, 6) is 0. The molecule has 0 amide bonds. The van der Waals surface area contributed by atoms with E-state index in [2.05, 4.69) is 367 Å². The minimum atomic E-state index is -2.22. The van der Waals surface area contributed by atoms with Crippen molar-refractivity contribution in [1.82, 2.24) is 9.13 Å². The summed E-state index contributed by atoms with van der Waals surface area (Å²) in [5, 5.41) is 7.68. The Balaban J connectivity index is 1.05. The number of nitrogens with zero attached hydrogens (tertiary/aromatic N) is 4. The minimum Gasteiger partial charge on any atom is -0.310 e. The summed E-state index contributed by atoms with van der Waals surface area (Å²) >= 11 is 4.26. The van der Waals surface area contributed by atoms with Crippen LogP contribution in [0.25, 0.3) is 86.3 Å². The van der Waals surface area contributed by atoms with E-state index in [4.69, 9.17) is 0 Å². The SMILES string of the molecule is CC(C)[Si](c1cc2c(N(c3ccccc3)c3ccc4c(c3)c3ccccc3n4-c3ccccc3)c3sc([Si](C(C)C)(C(C)C)C(C)C)cc3c(-c3ccc(N(c4ccccc4)c4ccc5c(c4)c4ccccc4n5-c4ccccc4)cc3)c2s1)(C(C)C)C(C)C. The van der Waals surface area contributed by atoms with Crippen LogP contribution in [0.4, 0.5) is 34.1 Å². The zero-order valence-corrected chi connectivity index (χ0v) is 57.8. The third kappa shape index (κ3) is 9.37. The first kappa shape index (κ1) is 59.4. The fourth-order valence-corrected chi connectivity index (χ4v) is 37.5. The lowest BCUT2D eigenvalue weighted by Crippen LogP contribution is -2.54. The molecule has 14 rings (SSSR count). The summed E-state index contributed by atoms with van der Waals surface area (Å²) in [5.41, 5.74) is 19.9. The van der Waals surface area contributed by atoms with Crippen LogP contribution >= 0.6 is 22.7 Å². The molecule has 4 nitrogen and oxygen atoms in total. The Bertz CT molecular complexity index is 4790. The fourth-order valence-electron chi connectivity index (χ4n) is 17.1. The first-order valence-electron chi connectivity index (χ1n) is 32.7. The highest BCUT2D eigenvalue weighted by molar-refractivity contribution is 7.34. The average Bonchev–Trinajstić information content (AvgIpc) is 1.66. The number of rotatable bonds is 17. The molecule has 0 spiro atoms. The molecular weight excluding hydrogens is 1160 g/mol. The maximum absolute atomic E-state index is 2.74. The second-order valence-electron chi connectivity index (χ2n) is 26.9. The van der Waals surface area contributed by atoms with Crippen molar-refractivity contribution in [3.8, 4) is 22.5 Å². The van der Waals surface area contributed by atoms with Crippen LogP contribution in [0.15, 0.2) is 243 Å². The average molecular weight is 1240 g/mol. The van der Waals surface area contributed by atoms with E-state index < -0.39 is 16.1 Å². The number of hydrogen-bond donors (Lipinski definition) is 0. The van der Waals surface area contributed by atoms with Crippen LogP contribution in [-0.2, 0) is 0 Å². The Hall–Kier alpha value is -8.25. The molecule has 0 unspecified atom stereocenters. The van der Waals surface area contributed by atoms with Gasteiger partial charge in [-0.15, -0.1) is 22.7 Å². The summed E-state index contributed by atoms with van der Waals surface area (Å²) in [4.78, 5) is 5.12. The number of anilines is 6. The largest absolute Gasteiger partial charge is 0.310 e. The normalized spacial score (nSPS) is 12.6. The van der Waals surface area contributed by atoms with Crippen LogP contribution < -0.4 is 18.8 Å². The number of para-hydroxylation sites is 6. The van der Waals surface area contributed by atoms with Crippen LogP contribution in [0.3, 0.4) is 0 Å². The van der Waals surface area contributed by atoms with Gasteiger partial charge in [0.2, 0.25) is 0 Å². The smallest absolute Gasteiger partial charge is 0.107 e. The summed E-state index contributed by atoms with van der Waals surface area (Å²) in [6.45, 7) is 30.4. The van der Waals surface area contributed by atoms with E-state index in [1.165, 1.54) is 86.3 Å². The predicted octanol–water partition coefficient (Wildman–Crippen LogP) is 24.7. The molecule has 4 aromatic heterocycles. The van der Waals surface area contributed by atoms with Crippen molar-refractivity contribution in [2.75, 3.05) is 9.80 Å². The van der Waals surface area contributed by atoms with Crippen molar-refractivity contribution in [3.05, 3.63) is 243 Å². The molecule has 0 fully saturated rings. The first-order chi connectivity index (χ1) is 43.6. The maximum atomic E-state index is 2.74. The lowest BCUT2D eigenvalue weighted by molar-refractivity contribution is 0.837. The van der Waals surface area contributed by atoms with Gasteiger partial charge in [-0.1, -0.05) is 204 Å². The Kier molecular flexibility index (Phi) is 15.5. The maximum Gasteiger partial charge on any atom is 0.107 e. The van der Waals surface area contributed by atoms with Crippen molar-refractivity contribution >= 4 is 146 Å². The lowest BCUT2D eigenvalue weighted by atomic mass is 9.97. The van der Waals surface area contributed by atoms with Crippen molar-refractivity contribution in [3.63, 3.8) is 0 Å². The molecule has 450 valence electrons. The molecule has 0 aliphatic rings. The third-order valence-corrected chi connectivity index (χ3v) is 38.7. The van der Waals surface area contributed by atoms with Gasteiger partial charge in [-0.3, -0.25) is 0 Å². The Labute approximate surface area is 542 Å². The highest BCUT2D eigenvalue weighted by atomic mass is 32.1. The summed E-state index contributed by atoms with van der Waals surface area (Å²) < 4.78 is 10.8. The molecule has 0 aliphatic heterocycles. The Morgan fingerprint density at radius 3 is 1.08 bits per heavy atom. The fraction of sp³-hybridized carbons (Fsp3) is 0.220. The van der Waals surface area contributed by atoms with Crippen molar-refractivity contribution in [2.45, 2.75) is 116 Å². The quantitative estimate of drug-likeness (QED) is 0.0845. The minimum absolute atomic E-state index is 0.534. The molecule has 0 saturated heterocycles. The van der Waals surface area contributed by atoms with E-state index in [-0.39, 0.29) is 0 Å². The molecule has 0 atom stereocenters. The molecular formula is C82H82N4S2Si2. The Morgan fingerprint density at radius 2 is 0.633 bits per heavy atom. The van der Waals surface area contributed by atoms with Crippen LogP contribution in [0, 0.1) is 0 Å². The number of thiophene rings is 2. The molecule has 14 aromatic rings. The zero-order valence-electron chi connectivity index (χ0n) is 54.2. The van der Waals surface area contributed by atoms with E-state index in [1.54, 1.807) is 9.00 Å². The van der Waals surface area contributed by atoms with Gasteiger partial charge in [0.05, 0.1) is 32.5 Å². The van der Waals surface area contributed by atoms with E-state index in [0.29, 0.717) is 33.2 Å². The van der Waals surface area contributed by atoms with Crippen molar-refractivity contribution < 1.29 is 0 Å². The molecule has 0 bridgehead atoms. The van der Waals surface area contributed by atoms with Gasteiger partial charge < -0.3 is 18.9 Å². The molecule has 90 heavy (non-hydrogen) atoms. The lowest BCUT2D eigenvalue weighted by Gasteiger charge is -2.42. The van der Waals surface area contributed by atoms with Crippen molar-refractivity contribution in [1.29, 1.82) is 0 Å². The molecule has 4 heterocycles. The third-order valence-electron chi connectivity index (χ3n) is 20.5. The molecule has 8 heteroatoms. The molecule has 0 saturated carbocycles. The first-order valence-corrected chi connectivity index (χ1v) is 38.8. The Morgan fingerprint density at radius 1 is 0.289 bits per heavy atom. The highest BCUT2D eigenvalue weighted by Crippen LogP contribution is 2.55. The predicted molar refractivity (Wildman–Crippen MR) is 402 cm³/mol.